The fourth-order valence-corrected chi connectivity index (χ4v) is 3.97. The molecular formula is C21H33ClN4O. The third kappa shape index (κ3) is 5.82. The van der Waals surface area contributed by atoms with Gasteiger partial charge in [-0.3, -0.25) is 9.69 Å². The van der Waals surface area contributed by atoms with Gasteiger partial charge in [0.15, 0.2) is 0 Å². The maximum Gasteiger partial charge on any atom is 0.225 e. The molecule has 0 aromatic carbocycles. The Bertz CT molecular complexity index is 612. The number of aromatic nitrogens is 1. The summed E-state index contributed by atoms with van der Waals surface area (Å²) >= 11 is 5.92. The van der Waals surface area contributed by atoms with Crippen LogP contribution in [0, 0.1) is 11.3 Å². The second-order valence-corrected chi connectivity index (χ2v) is 9.51. The predicted octanol–water partition coefficient (Wildman–Crippen LogP) is 3.53. The molecule has 2 saturated heterocycles. The van der Waals surface area contributed by atoms with Gasteiger partial charge in [-0.2, -0.15) is 0 Å². The molecule has 0 aliphatic carbocycles. The maximum absolute atomic E-state index is 12.9. The maximum atomic E-state index is 12.9. The van der Waals surface area contributed by atoms with Gasteiger partial charge in [0, 0.05) is 51.4 Å². The molecule has 0 saturated carbocycles. The van der Waals surface area contributed by atoms with Gasteiger partial charge >= 0.3 is 0 Å². The van der Waals surface area contributed by atoms with Gasteiger partial charge in [0.25, 0.3) is 0 Å². The van der Waals surface area contributed by atoms with Crippen molar-refractivity contribution in [2.75, 3.05) is 50.7 Å². The lowest BCUT2D eigenvalue weighted by Gasteiger charge is -2.39. The summed E-state index contributed by atoms with van der Waals surface area (Å²) in [6.45, 7) is 13.6. The molecule has 0 bridgehead atoms. The van der Waals surface area contributed by atoms with Crippen molar-refractivity contribution in [3.05, 3.63) is 23.4 Å². The van der Waals surface area contributed by atoms with E-state index in [0.717, 1.165) is 64.5 Å². The molecule has 6 heteroatoms. The fraction of sp³-hybridized carbons (Fsp3) is 0.714. The van der Waals surface area contributed by atoms with Gasteiger partial charge in [0.05, 0.1) is 5.02 Å². The van der Waals surface area contributed by atoms with E-state index in [2.05, 4.69) is 40.5 Å². The molecule has 1 aromatic rings. The number of hydrogen-bond acceptors (Lipinski definition) is 4. The van der Waals surface area contributed by atoms with Gasteiger partial charge in [0.2, 0.25) is 5.91 Å². The van der Waals surface area contributed by atoms with Crippen LogP contribution in [0.4, 0.5) is 5.82 Å². The predicted molar refractivity (Wildman–Crippen MR) is 111 cm³/mol. The summed E-state index contributed by atoms with van der Waals surface area (Å²) in [5.41, 5.74) is 0.375. The van der Waals surface area contributed by atoms with Crippen molar-refractivity contribution in [2.24, 2.45) is 11.3 Å². The number of piperazine rings is 1. The fourth-order valence-electron chi connectivity index (χ4n) is 3.85. The summed E-state index contributed by atoms with van der Waals surface area (Å²) in [5.74, 6) is 1.47. The minimum atomic E-state index is 0.162. The SMILES string of the molecule is CC(C)(C)CCN1CCN(C(=O)C2CCN(c3ccc(Cl)cn3)CC2)CC1. The topological polar surface area (TPSA) is 39.7 Å². The minimum absolute atomic E-state index is 0.162. The molecule has 2 aliphatic heterocycles. The summed E-state index contributed by atoms with van der Waals surface area (Å²) in [5, 5.41) is 0.658. The highest BCUT2D eigenvalue weighted by atomic mass is 35.5. The van der Waals surface area contributed by atoms with Crippen LogP contribution in [-0.2, 0) is 4.79 Å². The van der Waals surface area contributed by atoms with Crippen molar-refractivity contribution >= 4 is 23.3 Å². The number of nitrogens with zero attached hydrogens (tertiary/aromatic N) is 4. The molecular weight excluding hydrogens is 360 g/mol. The van der Waals surface area contributed by atoms with Crippen LogP contribution in [0.1, 0.15) is 40.0 Å². The zero-order chi connectivity index (χ0) is 19.4. The number of rotatable bonds is 4. The number of hydrogen-bond donors (Lipinski definition) is 0. The number of anilines is 1. The number of halogens is 1. The highest BCUT2D eigenvalue weighted by Crippen LogP contribution is 2.25. The molecule has 0 spiro atoms. The largest absolute Gasteiger partial charge is 0.357 e. The first kappa shape index (κ1) is 20.4. The van der Waals surface area contributed by atoms with Gasteiger partial charge in [0.1, 0.15) is 5.82 Å². The molecule has 1 aromatic heterocycles. The average molecular weight is 393 g/mol. The normalized spacial score (nSPS) is 20.1. The monoisotopic (exact) mass is 392 g/mol. The molecule has 3 rings (SSSR count). The first-order valence-electron chi connectivity index (χ1n) is 10.2. The Morgan fingerprint density at radius 1 is 1.11 bits per heavy atom. The highest BCUT2D eigenvalue weighted by molar-refractivity contribution is 6.30. The summed E-state index contributed by atoms with van der Waals surface area (Å²) in [4.78, 5) is 24.2. The smallest absolute Gasteiger partial charge is 0.225 e. The summed E-state index contributed by atoms with van der Waals surface area (Å²) < 4.78 is 0. The molecule has 150 valence electrons. The second-order valence-electron chi connectivity index (χ2n) is 9.07. The number of pyridine rings is 1. The van der Waals surface area contributed by atoms with E-state index in [9.17, 15) is 4.79 Å². The van der Waals surface area contributed by atoms with Crippen molar-refractivity contribution in [1.29, 1.82) is 0 Å². The van der Waals surface area contributed by atoms with E-state index in [1.165, 1.54) is 6.42 Å². The van der Waals surface area contributed by atoms with Gasteiger partial charge in [-0.1, -0.05) is 32.4 Å². The van der Waals surface area contributed by atoms with Crippen LogP contribution in [0.3, 0.4) is 0 Å². The van der Waals surface area contributed by atoms with Gasteiger partial charge in [-0.25, -0.2) is 4.98 Å². The molecule has 0 unspecified atom stereocenters. The third-order valence-corrected chi connectivity index (χ3v) is 5.97. The van der Waals surface area contributed by atoms with Crippen LogP contribution in [0.25, 0.3) is 0 Å². The summed E-state index contributed by atoms with van der Waals surface area (Å²) in [6, 6.07) is 3.83. The first-order chi connectivity index (χ1) is 12.8. The van der Waals surface area contributed by atoms with Crippen molar-refractivity contribution < 1.29 is 4.79 Å². The van der Waals surface area contributed by atoms with Gasteiger partial charge < -0.3 is 9.80 Å². The number of carbonyl (C=O) groups excluding carboxylic acids is 1. The molecule has 0 atom stereocenters. The lowest BCUT2D eigenvalue weighted by atomic mass is 9.92. The van der Waals surface area contributed by atoms with E-state index >= 15 is 0 Å². The molecule has 2 aliphatic rings. The molecule has 1 amide bonds. The number of piperidine rings is 1. The van der Waals surface area contributed by atoms with Crippen molar-refractivity contribution in [2.45, 2.75) is 40.0 Å². The van der Waals surface area contributed by atoms with E-state index < -0.39 is 0 Å². The van der Waals surface area contributed by atoms with Gasteiger partial charge in [-0.05, 0) is 43.4 Å². The molecule has 3 heterocycles. The lowest BCUT2D eigenvalue weighted by Crippen LogP contribution is -2.52. The Morgan fingerprint density at radius 3 is 2.33 bits per heavy atom. The van der Waals surface area contributed by atoms with Crippen LogP contribution in [0.15, 0.2) is 18.3 Å². The molecule has 27 heavy (non-hydrogen) atoms. The average Bonchev–Trinajstić information content (AvgIpc) is 2.66. The molecule has 0 N–H and O–H groups in total. The Balaban J connectivity index is 1.43. The number of carbonyl (C=O) groups is 1. The van der Waals surface area contributed by atoms with Crippen LogP contribution in [-0.4, -0.2) is 66.5 Å². The standard InChI is InChI=1S/C21H33ClN4O/c1-21(2,3)8-11-24-12-14-26(15-13-24)20(27)17-6-9-25(10-7-17)19-5-4-18(22)16-23-19/h4-5,16-17H,6-15H2,1-3H3. The third-order valence-electron chi connectivity index (χ3n) is 5.74. The van der Waals surface area contributed by atoms with Gasteiger partial charge in [-0.15, -0.1) is 0 Å². The second kappa shape index (κ2) is 8.78. The number of amides is 1. The summed E-state index contributed by atoms with van der Waals surface area (Å²) in [7, 11) is 0. The van der Waals surface area contributed by atoms with E-state index in [1.54, 1.807) is 6.20 Å². The lowest BCUT2D eigenvalue weighted by molar-refractivity contribution is -0.138. The van der Waals surface area contributed by atoms with Crippen LogP contribution >= 0.6 is 11.6 Å². The van der Waals surface area contributed by atoms with E-state index in [1.807, 2.05) is 12.1 Å². The van der Waals surface area contributed by atoms with E-state index in [-0.39, 0.29) is 5.92 Å². The Labute approximate surface area is 168 Å². The Morgan fingerprint density at radius 2 is 1.78 bits per heavy atom. The zero-order valence-corrected chi connectivity index (χ0v) is 17.7. The minimum Gasteiger partial charge on any atom is -0.357 e. The first-order valence-corrected chi connectivity index (χ1v) is 10.6. The molecule has 2 fully saturated rings. The van der Waals surface area contributed by atoms with E-state index in [4.69, 9.17) is 11.6 Å². The Hall–Kier alpha value is -1.33. The van der Waals surface area contributed by atoms with Crippen LogP contribution in [0.5, 0.6) is 0 Å². The van der Waals surface area contributed by atoms with Crippen molar-refractivity contribution in [1.82, 2.24) is 14.8 Å². The zero-order valence-electron chi connectivity index (χ0n) is 17.0. The highest BCUT2D eigenvalue weighted by Gasteiger charge is 2.30. The van der Waals surface area contributed by atoms with Crippen LogP contribution < -0.4 is 4.90 Å². The van der Waals surface area contributed by atoms with E-state index in [0.29, 0.717) is 16.3 Å². The van der Waals surface area contributed by atoms with Crippen molar-refractivity contribution in [3.63, 3.8) is 0 Å². The summed E-state index contributed by atoms with van der Waals surface area (Å²) in [6.07, 6.45) is 4.71. The quantitative estimate of drug-likeness (QED) is 0.785. The molecule has 0 radical (unpaired) electrons. The molecule has 5 nitrogen and oxygen atoms in total. The Kier molecular flexibility index (Phi) is 6.64. The van der Waals surface area contributed by atoms with Crippen LogP contribution in [0.2, 0.25) is 5.02 Å². The van der Waals surface area contributed by atoms with Crippen molar-refractivity contribution in [3.8, 4) is 0 Å².